The molecule has 1 atom stereocenters. The molecule has 3 aromatic rings. The smallest absolute Gasteiger partial charge is 0.430 e. The van der Waals surface area contributed by atoms with E-state index in [9.17, 15) is 22.0 Å². The van der Waals surface area contributed by atoms with Crippen LogP contribution in [0, 0.1) is 11.3 Å². The van der Waals surface area contributed by atoms with Gasteiger partial charge in [-0.2, -0.15) is 27.2 Å². The van der Waals surface area contributed by atoms with Crippen LogP contribution >= 0.6 is 9.24 Å². The summed E-state index contributed by atoms with van der Waals surface area (Å²) in [7, 11) is 2.61. The van der Waals surface area contributed by atoms with Crippen LogP contribution < -0.4 is 4.74 Å². The molecule has 6 nitrogen and oxygen atoms in total. The molecule has 0 radical (unpaired) electrons. The molecule has 0 amide bonds. The number of ether oxygens (including phenoxy) is 2. The van der Waals surface area contributed by atoms with E-state index in [1.54, 1.807) is 6.07 Å². The molecule has 0 bridgehead atoms. The first kappa shape index (κ1) is 20.9. The molecule has 0 aliphatic heterocycles. The van der Waals surface area contributed by atoms with Crippen molar-refractivity contribution in [3.8, 4) is 23.1 Å². The zero-order valence-electron chi connectivity index (χ0n) is 14.7. The van der Waals surface area contributed by atoms with Gasteiger partial charge in [-0.25, -0.2) is 4.98 Å². The Kier molecular flexibility index (Phi) is 5.43. The minimum absolute atomic E-state index is 0.0336. The first-order valence-corrected chi connectivity index (χ1v) is 8.44. The Balaban J connectivity index is 2.16. The molecular weight excluding hydrogens is 418 g/mol. The Morgan fingerprint density at radius 2 is 1.97 bits per heavy atom. The molecule has 1 unspecified atom stereocenters. The van der Waals surface area contributed by atoms with E-state index in [0.29, 0.717) is 11.1 Å². The highest BCUT2D eigenvalue weighted by Crippen LogP contribution is 2.34. The van der Waals surface area contributed by atoms with E-state index >= 15 is 0 Å². The Labute approximate surface area is 163 Å². The third-order valence-corrected chi connectivity index (χ3v) is 3.91. The van der Waals surface area contributed by atoms with Gasteiger partial charge in [0.2, 0.25) is 5.82 Å². The number of nitriles is 1. The van der Waals surface area contributed by atoms with Crippen molar-refractivity contribution in [2.45, 2.75) is 18.6 Å². The molecule has 0 saturated heterocycles. The van der Waals surface area contributed by atoms with Crippen LogP contribution in [0.4, 0.5) is 22.0 Å². The fourth-order valence-corrected chi connectivity index (χ4v) is 2.86. The number of benzene rings is 1. The predicted molar refractivity (Wildman–Crippen MR) is 94.1 cm³/mol. The minimum atomic E-state index is -4.80. The van der Waals surface area contributed by atoms with Crippen molar-refractivity contribution in [1.29, 1.82) is 5.26 Å². The molecule has 2 aromatic heterocycles. The lowest BCUT2D eigenvalue weighted by Crippen LogP contribution is -2.15. The number of hydrogen-bond acceptors (Lipinski definition) is 5. The van der Waals surface area contributed by atoms with Crippen LogP contribution in [0.15, 0.2) is 30.6 Å². The molecule has 12 heteroatoms. The number of rotatable bonds is 5. The van der Waals surface area contributed by atoms with Gasteiger partial charge < -0.3 is 9.47 Å². The Bertz CT molecular complexity index is 1100. The third kappa shape index (κ3) is 4.44. The number of aromatic nitrogens is 3. The largest absolute Gasteiger partial charge is 0.450 e. The van der Waals surface area contributed by atoms with Crippen LogP contribution in [0.3, 0.4) is 0 Å². The summed E-state index contributed by atoms with van der Waals surface area (Å²) in [6.07, 6.45) is -2.63. The predicted octanol–water partition coefficient (Wildman–Crippen LogP) is 4.24. The topological polar surface area (TPSA) is 72.4 Å². The number of hydrogen-bond donors (Lipinski definition) is 0. The van der Waals surface area contributed by atoms with Crippen molar-refractivity contribution < 1.29 is 31.4 Å². The van der Waals surface area contributed by atoms with Crippen LogP contribution in [-0.2, 0) is 17.5 Å². The van der Waals surface area contributed by atoms with E-state index in [-0.39, 0.29) is 23.6 Å². The highest BCUT2D eigenvalue weighted by molar-refractivity contribution is 7.17. The number of alkyl halides is 5. The van der Waals surface area contributed by atoms with E-state index < -0.39 is 23.5 Å². The van der Waals surface area contributed by atoms with Crippen molar-refractivity contribution >= 4 is 14.8 Å². The molecular formula is C17H12F5N4O2P. The van der Waals surface area contributed by atoms with Gasteiger partial charge in [-0.3, -0.25) is 9.38 Å². The van der Waals surface area contributed by atoms with Gasteiger partial charge in [0.1, 0.15) is 17.3 Å². The second-order valence-electron chi connectivity index (χ2n) is 5.84. The van der Waals surface area contributed by atoms with Gasteiger partial charge in [0.25, 0.3) is 0 Å². The van der Waals surface area contributed by atoms with Crippen molar-refractivity contribution in [3.63, 3.8) is 0 Å². The summed E-state index contributed by atoms with van der Waals surface area (Å²) < 4.78 is 76.3. The molecule has 152 valence electrons. The first-order chi connectivity index (χ1) is 13.5. The summed E-state index contributed by atoms with van der Waals surface area (Å²) in [6.45, 7) is -0.0336. The van der Waals surface area contributed by atoms with Gasteiger partial charge in [0, 0.05) is 18.9 Å². The van der Waals surface area contributed by atoms with Gasteiger partial charge in [0.05, 0.1) is 18.5 Å². The zero-order valence-corrected chi connectivity index (χ0v) is 15.8. The second kappa shape index (κ2) is 7.54. The maximum atomic E-state index is 13.3. The Hall–Kier alpha value is -2.83. The van der Waals surface area contributed by atoms with E-state index in [1.165, 1.54) is 34.5 Å². The van der Waals surface area contributed by atoms with Gasteiger partial charge in [-0.1, -0.05) is 0 Å². The quantitative estimate of drug-likeness (QED) is 0.447. The van der Waals surface area contributed by atoms with Crippen molar-refractivity contribution in [2.24, 2.45) is 0 Å². The van der Waals surface area contributed by atoms with Crippen LogP contribution in [0.1, 0.15) is 17.1 Å². The van der Waals surface area contributed by atoms with Crippen LogP contribution in [0.5, 0.6) is 5.75 Å². The molecule has 2 heterocycles. The monoisotopic (exact) mass is 430 g/mol. The lowest BCUT2D eigenvalue weighted by molar-refractivity contribution is -0.145. The molecule has 29 heavy (non-hydrogen) atoms. The lowest BCUT2D eigenvalue weighted by atomic mass is 10.0. The number of fused-ring (bicyclic) bond motifs is 1. The first-order valence-electron chi connectivity index (χ1n) is 7.87. The number of imidazole rings is 1. The van der Waals surface area contributed by atoms with Crippen molar-refractivity contribution in [2.75, 3.05) is 7.11 Å². The summed E-state index contributed by atoms with van der Waals surface area (Å²) in [5.41, 5.74) is 0.272. The SMILES string of the molecule is COCc1cc(OC(F)(F)P)ccc1-c1cn2c(C(F)(F)F)nc(C#N)c2cn1. The standard InChI is InChI=1S/C17H12F5N4O2P/c1-27-8-9-4-10(28-17(21,22)29)2-3-11(9)13-7-26-14(6-24-13)12(5-23)25-15(26)16(18,19)20/h2-4,6-7H,8,29H2,1H3. The van der Waals surface area contributed by atoms with Crippen molar-refractivity contribution in [1.82, 2.24) is 14.4 Å². The van der Waals surface area contributed by atoms with Gasteiger partial charge in [0.15, 0.2) is 5.69 Å². The van der Waals surface area contributed by atoms with Gasteiger partial charge in [-0.05, 0) is 33.0 Å². The van der Waals surface area contributed by atoms with Gasteiger partial charge >= 0.3 is 12.0 Å². The second-order valence-corrected chi connectivity index (χ2v) is 6.51. The number of methoxy groups -OCH3 is 1. The highest BCUT2D eigenvalue weighted by Gasteiger charge is 2.37. The minimum Gasteiger partial charge on any atom is -0.430 e. The van der Waals surface area contributed by atoms with Gasteiger partial charge in [-0.15, -0.1) is 0 Å². The highest BCUT2D eigenvalue weighted by atomic mass is 31.0. The van der Waals surface area contributed by atoms with Crippen LogP contribution in [-0.4, -0.2) is 27.3 Å². The molecule has 0 aliphatic carbocycles. The van der Waals surface area contributed by atoms with E-state index in [2.05, 4.69) is 14.7 Å². The fraction of sp³-hybridized carbons (Fsp3) is 0.235. The molecule has 0 fully saturated rings. The summed E-state index contributed by atoms with van der Waals surface area (Å²) in [4.78, 5) is 7.43. The molecule has 0 aliphatic rings. The average Bonchev–Trinajstić information content (AvgIpc) is 2.99. The normalized spacial score (nSPS) is 12.2. The van der Waals surface area contributed by atoms with E-state index in [4.69, 9.17) is 10.00 Å². The molecule has 0 N–H and O–H groups in total. The number of halogens is 5. The molecule has 0 spiro atoms. The summed E-state index contributed by atoms with van der Waals surface area (Å²) >= 11 is 0. The summed E-state index contributed by atoms with van der Waals surface area (Å²) in [5, 5.41) is 9.02. The van der Waals surface area contributed by atoms with E-state index in [1.807, 2.05) is 0 Å². The molecule has 0 saturated carbocycles. The molecule has 3 rings (SSSR count). The van der Waals surface area contributed by atoms with Crippen molar-refractivity contribution in [3.05, 3.63) is 47.7 Å². The third-order valence-electron chi connectivity index (χ3n) is 3.79. The van der Waals surface area contributed by atoms with E-state index in [0.717, 1.165) is 16.8 Å². The Morgan fingerprint density at radius 3 is 2.55 bits per heavy atom. The summed E-state index contributed by atoms with van der Waals surface area (Å²) in [5.74, 6) is -4.93. The lowest BCUT2D eigenvalue weighted by Gasteiger charge is -2.16. The number of nitrogens with zero attached hydrogens (tertiary/aromatic N) is 4. The fourth-order valence-electron chi connectivity index (χ4n) is 2.72. The zero-order chi connectivity index (χ0) is 21.4. The van der Waals surface area contributed by atoms with Crippen LogP contribution in [0.2, 0.25) is 0 Å². The summed E-state index contributed by atoms with van der Waals surface area (Å²) in [6, 6.07) is 5.49. The maximum Gasteiger partial charge on any atom is 0.450 e. The Morgan fingerprint density at radius 1 is 1.24 bits per heavy atom. The maximum absolute atomic E-state index is 13.3. The molecule has 1 aromatic carbocycles. The van der Waals surface area contributed by atoms with Crippen LogP contribution in [0.25, 0.3) is 16.8 Å². The average molecular weight is 430 g/mol.